The zero-order valence-electron chi connectivity index (χ0n) is 12.8. The Hall–Kier alpha value is -1.13. The molecule has 4 heteroatoms. The average molecular weight is 279 g/mol. The fourth-order valence-corrected chi connectivity index (χ4v) is 3.10. The van der Waals surface area contributed by atoms with Crippen LogP contribution in [0.25, 0.3) is 0 Å². The van der Waals surface area contributed by atoms with Crippen LogP contribution in [0.4, 0.5) is 10.1 Å². The van der Waals surface area contributed by atoms with Crippen molar-refractivity contribution < 1.29 is 4.39 Å². The minimum absolute atomic E-state index is 0.0273. The highest BCUT2D eigenvalue weighted by molar-refractivity contribution is 5.56. The number of likely N-dealkylation sites (N-methyl/N-ethyl adjacent to an activating group) is 1. The molecule has 1 aromatic carbocycles. The van der Waals surface area contributed by atoms with Crippen LogP contribution in [0.3, 0.4) is 0 Å². The Labute approximate surface area is 121 Å². The Balaban J connectivity index is 2.29. The first-order valence-electron chi connectivity index (χ1n) is 7.43. The number of nitrogens with two attached hydrogens (primary N) is 1. The van der Waals surface area contributed by atoms with Crippen molar-refractivity contribution in [1.82, 2.24) is 4.90 Å². The monoisotopic (exact) mass is 279 g/mol. The van der Waals surface area contributed by atoms with Crippen LogP contribution in [0, 0.1) is 5.82 Å². The van der Waals surface area contributed by atoms with Gasteiger partial charge in [-0.15, -0.1) is 0 Å². The molecule has 0 spiro atoms. The first kappa shape index (κ1) is 15.3. The lowest BCUT2D eigenvalue weighted by atomic mass is 10.0. The molecule has 0 radical (unpaired) electrons. The predicted molar refractivity (Wildman–Crippen MR) is 82.7 cm³/mol. The summed E-state index contributed by atoms with van der Waals surface area (Å²) in [4.78, 5) is 4.56. The summed E-state index contributed by atoms with van der Waals surface area (Å²) in [6.45, 7) is 3.94. The molecule has 1 aliphatic heterocycles. The fourth-order valence-electron chi connectivity index (χ4n) is 3.10. The maximum Gasteiger partial charge on any atom is 0.128 e. The van der Waals surface area contributed by atoms with Crippen LogP contribution in [0.5, 0.6) is 0 Å². The largest absolute Gasteiger partial charge is 0.367 e. The van der Waals surface area contributed by atoms with E-state index in [1.54, 1.807) is 6.07 Å². The van der Waals surface area contributed by atoms with Gasteiger partial charge in [0.2, 0.25) is 0 Å². The van der Waals surface area contributed by atoms with E-state index in [4.69, 9.17) is 5.73 Å². The van der Waals surface area contributed by atoms with E-state index in [1.165, 1.54) is 18.9 Å². The number of anilines is 1. The molecule has 2 rings (SSSR count). The maximum atomic E-state index is 14.2. The van der Waals surface area contributed by atoms with Gasteiger partial charge < -0.3 is 15.5 Å². The topological polar surface area (TPSA) is 32.5 Å². The van der Waals surface area contributed by atoms with Crippen molar-refractivity contribution in [3.05, 3.63) is 29.6 Å². The van der Waals surface area contributed by atoms with Crippen LogP contribution in [0.15, 0.2) is 18.2 Å². The summed E-state index contributed by atoms with van der Waals surface area (Å²) in [6, 6.07) is 5.83. The number of halogens is 1. The zero-order chi connectivity index (χ0) is 14.7. The Morgan fingerprint density at radius 2 is 2.20 bits per heavy atom. The van der Waals surface area contributed by atoms with E-state index < -0.39 is 0 Å². The number of hydrogen-bond donors (Lipinski definition) is 1. The van der Waals surface area contributed by atoms with Gasteiger partial charge in [0.25, 0.3) is 0 Å². The van der Waals surface area contributed by atoms with Crippen molar-refractivity contribution in [2.75, 3.05) is 32.1 Å². The van der Waals surface area contributed by atoms with Gasteiger partial charge in [-0.2, -0.15) is 0 Å². The van der Waals surface area contributed by atoms with Crippen LogP contribution in [-0.2, 0) is 6.42 Å². The molecule has 0 aromatic heterocycles. The molecule has 112 valence electrons. The first-order chi connectivity index (χ1) is 9.49. The van der Waals surface area contributed by atoms with Gasteiger partial charge >= 0.3 is 0 Å². The smallest absolute Gasteiger partial charge is 0.128 e. The second kappa shape index (κ2) is 6.55. The highest BCUT2D eigenvalue weighted by Gasteiger charge is 2.27. The summed E-state index contributed by atoms with van der Waals surface area (Å²) in [6.07, 6.45) is 2.94. The van der Waals surface area contributed by atoms with Crippen molar-refractivity contribution in [1.29, 1.82) is 0 Å². The number of benzene rings is 1. The molecule has 0 bridgehead atoms. The minimum atomic E-state index is -0.129. The molecule has 20 heavy (non-hydrogen) atoms. The molecule has 1 saturated heterocycles. The van der Waals surface area contributed by atoms with Gasteiger partial charge in [0.1, 0.15) is 5.82 Å². The molecule has 3 nitrogen and oxygen atoms in total. The van der Waals surface area contributed by atoms with Crippen LogP contribution in [-0.4, -0.2) is 44.2 Å². The number of rotatable bonds is 5. The fraction of sp³-hybridized carbons (Fsp3) is 0.625. The molecule has 1 heterocycles. The van der Waals surface area contributed by atoms with E-state index in [-0.39, 0.29) is 11.9 Å². The highest BCUT2D eigenvalue weighted by atomic mass is 19.1. The molecule has 2 N–H and O–H groups in total. The second-order valence-corrected chi connectivity index (χ2v) is 6.17. The first-order valence-corrected chi connectivity index (χ1v) is 7.43. The third-order valence-corrected chi connectivity index (χ3v) is 3.88. The van der Waals surface area contributed by atoms with Crippen molar-refractivity contribution >= 4 is 5.69 Å². The Morgan fingerprint density at radius 1 is 1.45 bits per heavy atom. The summed E-state index contributed by atoms with van der Waals surface area (Å²) in [5.74, 6) is -0.129. The number of nitrogens with zero attached hydrogens (tertiary/aromatic N) is 2. The van der Waals surface area contributed by atoms with E-state index in [2.05, 4.69) is 23.9 Å². The lowest BCUT2D eigenvalue weighted by Gasteiger charge is -2.31. The predicted octanol–water partition coefficient (Wildman–Crippen LogP) is 2.25. The molecule has 1 aromatic rings. The molecular formula is C16H26FN3. The summed E-state index contributed by atoms with van der Waals surface area (Å²) in [5, 5.41) is 0. The Bertz CT molecular complexity index is 445. The number of hydrogen-bond acceptors (Lipinski definition) is 3. The average Bonchev–Trinajstić information content (AvgIpc) is 2.78. The van der Waals surface area contributed by atoms with Crippen molar-refractivity contribution in [3.63, 3.8) is 0 Å². The third-order valence-electron chi connectivity index (χ3n) is 3.88. The molecule has 0 saturated carbocycles. The maximum absolute atomic E-state index is 14.2. The molecule has 1 fully saturated rings. The van der Waals surface area contributed by atoms with Crippen LogP contribution in [0.1, 0.15) is 25.3 Å². The van der Waals surface area contributed by atoms with Gasteiger partial charge in [-0.3, -0.25) is 0 Å². The van der Waals surface area contributed by atoms with Gasteiger partial charge in [0, 0.05) is 36.4 Å². The second-order valence-electron chi connectivity index (χ2n) is 6.17. The molecule has 0 amide bonds. The standard InChI is InChI=1S/C16H26FN3/c1-12(18)10-14-15(17)7-4-8-16(14)20-9-5-6-13(20)11-19(2)3/h4,7-8,12-13H,5-6,9-11,18H2,1-3H3. The van der Waals surface area contributed by atoms with E-state index in [9.17, 15) is 4.39 Å². The summed E-state index contributed by atoms with van der Waals surface area (Å²) in [5.41, 5.74) is 7.69. The van der Waals surface area contributed by atoms with E-state index in [0.717, 1.165) is 24.3 Å². The summed E-state index contributed by atoms with van der Waals surface area (Å²) >= 11 is 0. The molecule has 2 atom stereocenters. The van der Waals surface area contributed by atoms with Gasteiger partial charge in [-0.1, -0.05) is 6.07 Å². The van der Waals surface area contributed by atoms with Crippen molar-refractivity contribution in [2.24, 2.45) is 5.73 Å². The minimum Gasteiger partial charge on any atom is -0.367 e. The summed E-state index contributed by atoms with van der Waals surface area (Å²) < 4.78 is 14.2. The van der Waals surface area contributed by atoms with Gasteiger partial charge in [-0.05, 0) is 52.4 Å². The SMILES string of the molecule is CC(N)Cc1c(F)cccc1N1CCCC1CN(C)C. The van der Waals surface area contributed by atoms with Crippen LogP contribution < -0.4 is 10.6 Å². The summed E-state index contributed by atoms with van der Waals surface area (Å²) in [7, 11) is 4.18. The third kappa shape index (κ3) is 3.49. The zero-order valence-corrected chi connectivity index (χ0v) is 12.8. The van der Waals surface area contributed by atoms with E-state index in [1.807, 2.05) is 13.0 Å². The molecular weight excluding hydrogens is 253 g/mol. The van der Waals surface area contributed by atoms with Gasteiger partial charge in [0.15, 0.2) is 0 Å². The quantitative estimate of drug-likeness (QED) is 0.897. The van der Waals surface area contributed by atoms with E-state index >= 15 is 0 Å². The van der Waals surface area contributed by atoms with Crippen molar-refractivity contribution in [3.8, 4) is 0 Å². The lowest BCUT2D eigenvalue weighted by molar-refractivity contribution is 0.372. The van der Waals surface area contributed by atoms with Gasteiger partial charge in [0.05, 0.1) is 0 Å². The molecule has 0 aliphatic carbocycles. The molecule has 2 unspecified atom stereocenters. The van der Waals surface area contributed by atoms with Crippen LogP contribution >= 0.6 is 0 Å². The molecule has 1 aliphatic rings. The Kier molecular flexibility index (Phi) is 5.00. The lowest BCUT2D eigenvalue weighted by Crippen LogP contribution is -2.38. The Morgan fingerprint density at radius 3 is 2.85 bits per heavy atom. The van der Waals surface area contributed by atoms with Crippen molar-refractivity contribution in [2.45, 2.75) is 38.3 Å². The van der Waals surface area contributed by atoms with Gasteiger partial charge in [-0.25, -0.2) is 4.39 Å². The van der Waals surface area contributed by atoms with E-state index in [0.29, 0.717) is 12.5 Å². The van der Waals surface area contributed by atoms with Crippen LogP contribution in [0.2, 0.25) is 0 Å². The normalized spacial score (nSPS) is 20.7. The highest BCUT2D eigenvalue weighted by Crippen LogP contribution is 2.31.